The number of rotatable bonds is 0. The summed E-state index contributed by atoms with van der Waals surface area (Å²) in [6.07, 6.45) is 1.01. The number of nitrogens with one attached hydrogen (secondary N) is 1. The predicted molar refractivity (Wildman–Crippen MR) is 44.0 cm³/mol. The molecule has 0 saturated heterocycles. The number of aromatic hydroxyl groups is 1. The van der Waals surface area contributed by atoms with Crippen molar-refractivity contribution in [2.45, 2.75) is 0 Å². The van der Waals surface area contributed by atoms with Crippen LogP contribution in [0.15, 0.2) is 23.1 Å². The van der Waals surface area contributed by atoms with Crippen LogP contribution in [0.4, 0.5) is 4.39 Å². The van der Waals surface area contributed by atoms with E-state index in [-0.39, 0.29) is 5.52 Å². The molecule has 0 amide bonds. The van der Waals surface area contributed by atoms with Crippen LogP contribution in [0.3, 0.4) is 0 Å². The fourth-order valence-corrected chi connectivity index (χ4v) is 1.05. The lowest BCUT2D eigenvalue weighted by atomic mass is 10.3. The highest BCUT2D eigenvalue weighted by Crippen LogP contribution is 2.11. The third kappa shape index (κ3) is 1.24. The second kappa shape index (κ2) is 2.55. The number of H-pyrrole nitrogens is 1. The molecule has 2 aromatic heterocycles. The molecular formula is C8H5FN2O2. The third-order valence-electron chi connectivity index (χ3n) is 1.64. The maximum Gasteiger partial charge on any atom is 0.290 e. The van der Waals surface area contributed by atoms with Crippen LogP contribution in [-0.2, 0) is 0 Å². The van der Waals surface area contributed by atoms with Gasteiger partial charge in [0.1, 0.15) is 5.82 Å². The molecule has 0 spiro atoms. The topological polar surface area (TPSA) is 66.0 Å². The van der Waals surface area contributed by atoms with Crippen molar-refractivity contribution in [3.8, 4) is 5.75 Å². The monoisotopic (exact) mass is 180 g/mol. The second-order valence-corrected chi connectivity index (χ2v) is 2.57. The van der Waals surface area contributed by atoms with E-state index in [9.17, 15) is 9.18 Å². The van der Waals surface area contributed by atoms with Crippen LogP contribution >= 0.6 is 0 Å². The van der Waals surface area contributed by atoms with Crippen molar-refractivity contribution in [3.63, 3.8) is 0 Å². The minimum Gasteiger partial charge on any atom is -0.503 e. The van der Waals surface area contributed by atoms with Crippen LogP contribution in [-0.4, -0.2) is 15.1 Å². The summed E-state index contributed by atoms with van der Waals surface area (Å²) in [6, 6.07) is 2.33. The molecule has 0 aliphatic heterocycles. The molecule has 2 rings (SSSR count). The summed E-state index contributed by atoms with van der Waals surface area (Å²) < 4.78 is 12.6. The first-order valence-corrected chi connectivity index (χ1v) is 3.54. The molecule has 13 heavy (non-hydrogen) atoms. The normalized spacial score (nSPS) is 10.5. The molecule has 4 nitrogen and oxygen atoms in total. The van der Waals surface area contributed by atoms with Crippen molar-refractivity contribution >= 4 is 11.0 Å². The van der Waals surface area contributed by atoms with Gasteiger partial charge in [0, 0.05) is 12.1 Å². The van der Waals surface area contributed by atoms with Gasteiger partial charge in [-0.1, -0.05) is 0 Å². The van der Waals surface area contributed by atoms with Gasteiger partial charge < -0.3 is 10.1 Å². The van der Waals surface area contributed by atoms with Gasteiger partial charge in [-0.25, -0.2) is 4.39 Å². The largest absolute Gasteiger partial charge is 0.503 e. The van der Waals surface area contributed by atoms with Gasteiger partial charge >= 0.3 is 0 Å². The van der Waals surface area contributed by atoms with Crippen molar-refractivity contribution in [2.75, 3.05) is 0 Å². The van der Waals surface area contributed by atoms with E-state index in [1.165, 1.54) is 6.07 Å². The van der Waals surface area contributed by atoms with E-state index in [2.05, 4.69) is 9.97 Å². The number of halogens is 1. The Hall–Kier alpha value is -1.91. The van der Waals surface area contributed by atoms with Crippen LogP contribution in [0.25, 0.3) is 11.0 Å². The molecule has 0 bridgehead atoms. The number of hydrogen-bond acceptors (Lipinski definition) is 3. The quantitative estimate of drug-likeness (QED) is 0.629. The molecule has 2 N–H and O–H groups in total. The van der Waals surface area contributed by atoms with Crippen molar-refractivity contribution < 1.29 is 9.50 Å². The minimum absolute atomic E-state index is 0.266. The summed E-state index contributed by atoms with van der Waals surface area (Å²) in [5, 5.41) is 9.01. The van der Waals surface area contributed by atoms with E-state index < -0.39 is 17.1 Å². The van der Waals surface area contributed by atoms with E-state index in [1.54, 1.807) is 0 Å². The Kier molecular flexibility index (Phi) is 1.51. The summed E-state index contributed by atoms with van der Waals surface area (Å²) in [7, 11) is 0. The Morgan fingerprint density at radius 2 is 2.23 bits per heavy atom. The number of fused-ring (bicyclic) bond motifs is 1. The van der Waals surface area contributed by atoms with E-state index in [0.29, 0.717) is 5.52 Å². The van der Waals surface area contributed by atoms with Crippen LogP contribution < -0.4 is 5.56 Å². The Bertz CT molecular complexity index is 521. The Balaban J connectivity index is 2.89. The Morgan fingerprint density at radius 1 is 1.46 bits per heavy atom. The van der Waals surface area contributed by atoms with Gasteiger partial charge in [0.2, 0.25) is 0 Å². The molecule has 0 radical (unpaired) electrons. The van der Waals surface area contributed by atoms with E-state index in [4.69, 9.17) is 5.11 Å². The van der Waals surface area contributed by atoms with Crippen LogP contribution in [0.1, 0.15) is 0 Å². The lowest BCUT2D eigenvalue weighted by Gasteiger charge is -1.96. The van der Waals surface area contributed by atoms with Gasteiger partial charge in [0.05, 0.1) is 17.2 Å². The molecule has 0 fully saturated rings. The van der Waals surface area contributed by atoms with Gasteiger partial charge in [0.15, 0.2) is 5.75 Å². The van der Waals surface area contributed by atoms with Crippen LogP contribution in [0, 0.1) is 5.82 Å². The lowest BCUT2D eigenvalue weighted by Crippen LogP contribution is -2.04. The number of aromatic amines is 1. The molecule has 66 valence electrons. The fraction of sp³-hybridized carbons (Fsp3) is 0. The second-order valence-electron chi connectivity index (χ2n) is 2.57. The summed E-state index contributed by atoms with van der Waals surface area (Å²) >= 11 is 0. The highest BCUT2D eigenvalue weighted by Gasteiger charge is 2.02. The number of aromatic nitrogens is 2. The Labute approximate surface area is 71.7 Å². The van der Waals surface area contributed by atoms with Gasteiger partial charge in [-0.3, -0.25) is 9.78 Å². The predicted octanol–water partition coefficient (Wildman–Crippen LogP) is 0.768. The molecular weight excluding hydrogens is 175 g/mol. The first-order valence-electron chi connectivity index (χ1n) is 3.54. The maximum atomic E-state index is 12.6. The molecule has 2 aromatic rings. The molecule has 0 aromatic carbocycles. The number of hydrogen-bond donors (Lipinski definition) is 2. The first-order chi connectivity index (χ1) is 6.16. The van der Waals surface area contributed by atoms with E-state index >= 15 is 0 Å². The lowest BCUT2D eigenvalue weighted by molar-refractivity contribution is 0.467. The summed E-state index contributed by atoms with van der Waals surface area (Å²) in [5.74, 6) is -0.958. The van der Waals surface area contributed by atoms with Crippen molar-refractivity contribution in [1.29, 1.82) is 0 Å². The van der Waals surface area contributed by atoms with E-state index in [1.807, 2.05) is 0 Å². The molecule has 0 aliphatic carbocycles. The van der Waals surface area contributed by atoms with Crippen LogP contribution in [0.5, 0.6) is 5.75 Å². The summed E-state index contributed by atoms with van der Waals surface area (Å²) in [4.78, 5) is 16.9. The molecule has 0 saturated carbocycles. The van der Waals surface area contributed by atoms with Crippen molar-refractivity contribution in [2.24, 2.45) is 0 Å². The third-order valence-corrected chi connectivity index (χ3v) is 1.64. The number of pyridine rings is 2. The SMILES string of the molecule is O=c1[nH]c2cc(F)cnc2cc1O. The smallest absolute Gasteiger partial charge is 0.290 e. The Morgan fingerprint density at radius 3 is 3.00 bits per heavy atom. The van der Waals surface area contributed by atoms with E-state index in [0.717, 1.165) is 12.3 Å². The number of nitrogens with zero attached hydrogens (tertiary/aromatic N) is 1. The van der Waals surface area contributed by atoms with Crippen molar-refractivity contribution in [3.05, 3.63) is 34.5 Å². The van der Waals surface area contributed by atoms with Gasteiger partial charge in [-0.2, -0.15) is 0 Å². The summed E-state index contributed by atoms with van der Waals surface area (Å²) in [6.45, 7) is 0. The van der Waals surface area contributed by atoms with Gasteiger partial charge in [-0.05, 0) is 0 Å². The average Bonchev–Trinajstić information content (AvgIpc) is 2.08. The molecule has 2 heterocycles. The minimum atomic E-state index is -0.653. The zero-order valence-electron chi connectivity index (χ0n) is 6.41. The zero-order valence-corrected chi connectivity index (χ0v) is 6.41. The highest BCUT2D eigenvalue weighted by atomic mass is 19.1. The molecule has 0 aliphatic rings. The average molecular weight is 180 g/mol. The summed E-state index contributed by atoms with van der Waals surface area (Å²) in [5.41, 5.74) is -0.0406. The maximum absolute atomic E-state index is 12.6. The zero-order chi connectivity index (χ0) is 9.42. The van der Waals surface area contributed by atoms with Crippen LogP contribution in [0.2, 0.25) is 0 Å². The molecule has 5 heteroatoms. The molecule has 0 unspecified atom stereocenters. The van der Waals surface area contributed by atoms with Gasteiger partial charge in [-0.15, -0.1) is 0 Å². The standard InChI is InChI=1S/C8H5FN2O2/c9-4-1-6-5(10-3-4)2-7(12)8(13)11-6/h1-3,12H,(H,11,13). The van der Waals surface area contributed by atoms with Gasteiger partial charge in [0.25, 0.3) is 5.56 Å². The van der Waals surface area contributed by atoms with Crippen molar-refractivity contribution in [1.82, 2.24) is 9.97 Å². The fourth-order valence-electron chi connectivity index (χ4n) is 1.05. The molecule has 0 atom stereocenters. The first kappa shape index (κ1) is 7.72. The highest BCUT2D eigenvalue weighted by molar-refractivity contribution is 5.74.